The Labute approximate surface area is 178 Å². The van der Waals surface area contributed by atoms with Crippen LogP contribution < -0.4 is 9.47 Å². The number of rotatable bonds is 7. The van der Waals surface area contributed by atoms with Gasteiger partial charge in [-0.1, -0.05) is 63.7 Å². The van der Waals surface area contributed by atoms with E-state index in [1.165, 1.54) is 6.07 Å². The van der Waals surface area contributed by atoms with Crippen molar-refractivity contribution in [1.29, 1.82) is 0 Å². The summed E-state index contributed by atoms with van der Waals surface area (Å²) in [5.74, 6) is -1.76. The van der Waals surface area contributed by atoms with Gasteiger partial charge < -0.3 is 14.6 Å². The van der Waals surface area contributed by atoms with E-state index in [0.717, 1.165) is 25.3 Å². The van der Waals surface area contributed by atoms with Crippen molar-refractivity contribution in [2.75, 3.05) is 6.61 Å². The maximum Gasteiger partial charge on any atom is 0.430 e. The number of hydrogen-bond acceptors (Lipinski definition) is 3. The Hall–Kier alpha value is -1.60. The van der Waals surface area contributed by atoms with Gasteiger partial charge in [0.2, 0.25) is 6.10 Å². The first-order chi connectivity index (χ1) is 13.6. The molecule has 0 aliphatic carbocycles. The highest BCUT2D eigenvalue weighted by Gasteiger charge is 2.49. The molecule has 0 radical (unpaired) electrons. The topological polar surface area (TPSA) is 55.8 Å². The second-order valence-electron chi connectivity index (χ2n) is 6.24. The first-order valence-electron chi connectivity index (χ1n) is 9.43. The van der Waals surface area contributed by atoms with Crippen LogP contribution in [0.15, 0.2) is 11.6 Å². The number of alkyl halides is 3. The van der Waals surface area contributed by atoms with Crippen LogP contribution >= 0.6 is 23.2 Å². The summed E-state index contributed by atoms with van der Waals surface area (Å²) < 4.78 is 50.2. The molecule has 29 heavy (non-hydrogen) atoms. The Morgan fingerprint density at radius 1 is 1.31 bits per heavy atom. The summed E-state index contributed by atoms with van der Waals surface area (Å²) in [5.41, 5.74) is -0.888. The second-order valence-corrected chi connectivity index (χ2v) is 7.02. The van der Waals surface area contributed by atoms with Gasteiger partial charge in [-0.25, -0.2) is 4.79 Å². The fourth-order valence-electron chi connectivity index (χ4n) is 2.82. The molecule has 2 unspecified atom stereocenters. The van der Waals surface area contributed by atoms with Crippen LogP contribution in [0.2, 0.25) is 10.0 Å². The fraction of sp³-hybridized carbons (Fsp3) is 0.550. The molecule has 0 spiro atoms. The second kappa shape index (κ2) is 11.0. The zero-order valence-corrected chi connectivity index (χ0v) is 18.2. The monoisotopic (exact) mass is 456 g/mol. The Kier molecular flexibility index (Phi) is 9.62. The summed E-state index contributed by atoms with van der Waals surface area (Å²) in [6, 6.07) is 1.29. The van der Waals surface area contributed by atoms with Gasteiger partial charge in [-0.05, 0) is 24.5 Å². The molecule has 164 valence electrons. The Morgan fingerprint density at radius 3 is 2.41 bits per heavy atom. The van der Waals surface area contributed by atoms with E-state index in [0.29, 0.717) is 6.61 Å². The third kappa shape index (κ3) is 6.19. The van der Waals surface area contributed by atoms with Crippen molar-refractivity contribution in [3.8, 4) is 11.5 Å². The van der Waals surface area contributed by atoms with Crippen LogP contribution in [0, 0.1) is 5.92 Å². The van der Waals surface area contributed by atoms with Crippen molar-refractivity contribution in [2.24, 2.45) is 5.92 Å². The van der Waals surface area contributed by atoms with Gasteiger partial charge in [-0.2, -0.15) is 13.2 Å². The molecule has 0 bridgehead atoms. The lowest BCUT2D eigenvalue weighted by Crippen LogP contribution is -2.40. The molecule has 2 rings (SSSR count). The van der Waals surface area contributed by atoms with Crippen LogP contribution in [0.4, 0.5) is 13.2 Å². The number of hydrogen-bond donors (Lipinski definition) is 1. The van der Waals surface area contributed by atoms with Crippen molar-refractivity contribution >= 4 is 35.2 Å². The molecular formula is C20H25Cl2F3O4. The van der Waals surface area contributed by atoms with E-state index in [1.807, 2.05) is 27.7 Å². The van der Waals surface area contributed by atoms with Crippen molar-refractivity contribution in [3.63, 3.8) is 0 Å². The third-order valence-electron chi connectivity index (χ3n) is 4.27. The minimum absolute atomic E-state index is 0.0275. The van der Waals surface area contributed by atoms with Crippen LogP contribution in [0.5, 0.6) is 11.5 Å². The molecule has 9 heteroatoms. The van der Waals surface area contributed by atoms with Gasteiger partial charge in [-0.3, -0.25) is 0 Å². The standard InChI is InChI=1S/C18H19Cl2F3O4.C2H6/c1-3-5-9(4-2)8-26-15-12(19)7-10-6-11(17(24)25)16(18(21,22)23)27-14(10)13(15)20;1-2/h6-7,9,16H,3-5,8H2,1-2H3,(H,24,25);1-2H3. The predicted molar refractivity (Wildman–Crippen MR) is 108 cm³/mol. The summed E-state index contributed by atoms with van der Waals surface area (Å²) in [6.45, 7) is 8.36. The third-order valence-corrected chi connectivity index (χ3v) is 4.90. The highest BCUT2D eigenvalue weighted by Crippen LogP contribution is 2.47. The van der Waals surface area contributed by atoms with Gasteiger partial charge in [0.05, 0.1) is 17.2 Å². The first kappa shape index (κ1) is 25.4. The lowest BCUT2D eigenvalue weighted by molar-refractivity contribution is -0.187. The van der Waals surface area contributed by atoms with Gasteiger partial charge >= 0.3 is 12.1 Å². The van der Waals surface area contributed by atoms with Crippen molar-refractivity contribution in [2.45, 2.75) is 59.2 Å². The number of ether oxygens (including phenoxy) is 2. The van der Waals surface area contributed by atoms with Gasteiger partial charge in [0.25, 0.3) is 0 Å². The van der Waals surface area contributed by atoms with Crippen molar-refractivity contribution in [3.05, 3.63) is 27.2 Å². The van der Waals surface area contributed by atoms with E-state index < -0.39 is 23.8 Å². The zero-order valence-electron chi connectivity index (χ0n) is 16.7. The number of halogens is 5. The molecule has 2 atom stereocenters. The van der Waals surface area contributed by atoms with E-state index in [4.69, 9.17) is 37.8 Å². The SMILES string of the molecule is CC.CCCC(CC)COc1c(Cl)cc2c(c1Cl)OC(C(F)(F)F)C(C(=O)O)=C2. The molecule has 1 heterocycles. The fourth-order valence-corrected chi connectivity index (χ4v) is 3.44. The summed E-state index contributed by atoms with van der Waals surface area (Å²) in [7, 11) is 0. The number of aliphatic carboxylic acids is 1. The Morgan fingerprint density at radius 2 is 1.93 bits per heavy atom. The summed E-state index contributed by atoms with van der Waals surface area (Å²) in [4.78, 5) is 11.2. The van der Waals surface area contributed by atoms with Crippen LogP contribution in [0.25, 0.3) is 6.08 Å². The normalized spacial score (nSPS) is 16.6. The maximum absolute atomic E-state index is 13.2. The summed E-state index contributed by atoms with van der Waals surface area (Å²) >= 11 is 12.4. The minimum Gasteiger partial charge on any atom is -0.490 e. The van der Waals surface area contributed by atoms with Crippen LogP contribution in [-0.4, -0.2) is 30.0 Å². The molecule has 0 saturated carbocycles. The smallest absolute Gasteiger partial charge is 0.430 e. The van der Waals surface area contributed by atoms with E-state index in [1.54, 1.807) is 0 Å². The summed E-state index contributed by atoms with van der Waals surface area (Å²) in [5, 5.41) is 8.93. The minimum atomic E-state index is -4.92. The van der Waals surface area contributed by atoms with E-state index in [2.05, 4.69) is 0 Å². The molecule has 4 nitrogen and oxygen atoms in total. The van der Waals surface area contributed by atoms with Crippen molar-refractivity contribution < 1.29 is 32.5 Å². The first-order valence-corrected chi connectivity index (χ1v) is 10.2. The molecule has 0 amide bonds. The molecule has 1 aromatic carbocycles. The lowest BCUT2D eigenvalue weighted by atomic mass is 10.0. The van der Waals surface area contributed by atoms with Crippen LogP contribution in [-0.2, 0) is 4.79 Å². The van der Waals surface area contributed by atoms with E-state index >= 15 is 0 Å². The average molecular weight is 457 g/mol. The lowest BCUT2D eigenvalue weighted by Gasteiger charge is -2.28. The van der Waals surface area contributed by atoms with Crippen molar-refractivity contribution in [1.82, 2.24) is 0 Å². The summed E-state index contributed by atoms with van der Waals surface area (Å²) in [6.07, 6.45) is -3.92. The van der Waals surface area contributed by atoms with Gasteiger partial charge in [0.15, 0.2) is 5.75 Å². The number of carbonyl (C=O) groups is 1. The molecule has 0 saturated heterocycles. The number of fused-ring (bicyclic) bond motifs is 1. The molecule has 0 fully saturated rings. The number of carboxylic acid groups (broad SMARTS) is 1. The van der Waals surface area contributed by atoms with Gasteiger partial charge in [-0.15, -0.1) is 0 Å². The predicted octanol–water partition coefficient (Wildman–Crippen LogP) is 7.02. The number of benzene rings is 1. The average Bonchev–Trinajstić information content (AvgIpc) is 2.66. The van der Waals surface area contributed by atoms with Gasteiger partial charge in [0.1, 0.15) is 10.8 Å². The van der Waals surface area contributed by atoms with E-state index in [9.17, 15) is 18.0 Å². The molecule has 1 aromatic rings. The highest BCUT2D eigenvalue weighted by atomic mass is 35.5. The Balaban J connectivity index is 0.00000204. The van der Waals surface area contributed by atoms with Gasteiger partial charge in [0, 0.05) is 5.56 Å². The molecule has 1 aliphatic heterocycles. The van der Waals surface area contributed by atoms with E-state index in [-0.39, 0.29) is 33.0 Å². The highest BCUT2D eigenvalue weighted by molar-refractivity contribution is 6.38. The zero-order chi connectivity index (χ0) is 22.4. The number of carboxylic acids is 1. The molecular weight excluding hydrogens is 432 g/mol. The van der Waals surface area contributed by atoms with Crippen LogP contribution in [0.1, 0.15) is 52.5 Å². The quantitative estimate of drug-likeness (QED) is 0.478. The largest absolute Gasteiger partial charge is 0.490 e. The van der Waals surface area contributed by atoms with Crippen LogP contribution in [0.3, 0.4) is 0 Å². The Bertz CT molecular complexity index is 748. The molecule has 1 N–H and O–H groups in total. The maximum atomic E-state index is 13.2. The molecule has 1 aliphatic rings. The molecule has 0 aromatic heterocycles.